The average Bonchev–Trinajstić information content (AvgIpc) is 3.12. The van der Waals surface area contributed by atoms with E-state index in [1.807, 2.05) is 25.1 Å². The molecule has 9 heteroatoms. The van der Waals surface area contributed by atoms with Crippen LogP contribution in [0.25, 0.3) is 11.0 Å². The van der Waals surface area contributed by atoms with Crippen molar-refractivity contribution in [3.05, 3.63) is 59.7 Å². The number of para-hydroxylation sites is 2. The number of alkyl halides is 3. The molecule has 2 aromatic carbocycles. The first-order chi connectivity index (χ1) is 14.2. The number of aromatic nitrogens is 2. The summed E-state index contributed by atoms with van der Waals surface area (Å²) in [6, 6.07) is 10.2. The van der Waals surface area contributed by atoms with Gasteiger partial charge in [0.1, 0.15) is 6.04 Å². The Morgan fingerprint density at radius 2 is 1.77 bits per heavy atom. The molecule has 1 aromatic heterocycles. The Morgan fingerprint density at radius 3 is 2.37 bits per heavy atom. The summed E-state index contributed by atoms with van der Waals surface area (Å²) in [5.74, 6) is -1.07. The Balaban J connectivity index is 1.74. The maximum absolute atomic E-state index is 12.8. The van der Waals surface area contributed by atoms with Crippen LogP contribution >= 0.6 is 0 Å². The SMILES string of the molecule is CCC(C)C(NC(=O)c1ccc(C(F)(F)F)cc1)C(=O)Nc1nc2ccccc2[nH]1. The standard InChI is InChI=1S/C21H21F3N4O2/c1-3-12(2)17(19(30)28-20-25-15-6-4-5-7-16(15)26-20)27-18(29)13-8-10-14(11-9-13)21(22,23)24/h4-12,17H,3H2,1-2H3,(H,27,29)(H2,25,26,28,30). The Hall–Kier alpha value is -3.36. The smallest absolute Gasteiger partial charge is 0.340 e. The van der Waals surface area contributed by atoms with Crippen molar-refractivity contribution in [3.8, 4) is 0 Å². The van der Waals surface area contributed by atoms with Crippen LogP contribution in [0.2, 0.25) is 0 Å². The van der Waals surface area contributed by atoms with Crippen molar-refractivity contribution < 1.29 is 22.8 Å². The lowest BCUT2D eigenvalue weighted by atomic mass is 9.98. The molecule has 0 aliphatic rings. The highest BCUT2D eigenvalue weighted by Gasteiger charge is 2.31. The fourth-order valence-electron chi connectivity index (χ4n) is 2.94. The Kier molecular flexibility index (Phi) is 6.09. The van der Waals surface area contributed by atoms with Crippen LogP contribution in [0.15, 0.2) is 48.5 Å². The number of rotatable bonds is 6. The van der Waals surface area contributed by atoms with E-state index < -0.39 is 29.6 Å². The molecule has 30 heavy (non-hydrogen) atoms. The predicted molar refractivity (Wildman–Crippen MR) is 107 cm³/mol. The first-order valence-corrected chi connectivity index (χ1v) is 9.42. The van der Waals surface area contributed by atoms with E-state index in [9.17, 15) is 22.8 Å². The zero-order valence-corrected chi connectivity index (χ0v) is 16.4. The van der Waals surface area contributed by atoms with Crippen molar-refractivity contribution in [2.75, 3.05) is 5.32 Å². The minimum atomic E-state index is -4.49. The number of carbonyl (C=O) groups excluding carboxylic acids is 2. The molecule has 2 atom stereocenters. The van der Waals surface area contributed by atoms with Crippen molar-refractivity contribution in [2.24, 2.45) is 5.92 Å². The van der Waals surface area contributed by atoms with Gasteiger partial charge in [0, 0.05) is 5.56 Å². The third kappa shape index (κ3) is 4.79. The molecule has 2 amide bonds. The summed E-state index contributed by atoms with van der Waals surface area (Å²) < 4.78 is 38.1. The van der Waals surface area contributed by atoms with Crippen molar-refractivity contribution in [3.63, 3.8) is 0 Å². The molecule has 0 saturated heterocycles. The zero-order valence-electron chi connectivity index (χ0n) is 16.4. The van der Waals surface area contributed by atoms with Crippen LogP contribution in [0.5, 0.6) is 0 Å². The van der Waals surface area contributed by atoms with Crippen LogP contribution in [0, 0.1) is 5.92 Å². The van der Waals surface area contributed by atoms with Gasteiger partial charge in [-0.3, -0.25) is 14.9 Å². The van der Waals surface area contributed by atoms with E-state index in [1.54, 1.807) is 13.0 Å². The van der Waals surface area contributed by atoms with E-state index >= 15 is 0 Å². The summed E-state index contributed by atoms with van der Waals surface area (Å²) in [6.07, 6.45) is -3.88. The van der Waals surface area contributed by atoms with Gasteiger partial charge in [-0.05, 0) is 42.3 Å². The van der Waals surface area contributed by atoms with Crippen molar-refractivity contribution in [2.45, 2.75) is 32.5 Å². The molecule has 1 heterocycles. The zero-order chi connectivity index (χ0) is 21.9. The Bertz CT molecular complexity index is 1010. The summed E-state index contributed by atoms with van der Waals surface area (Å²) >= 11 is 0. The van der Waals surface area contributed by atoms with Gasteiger partial charge in [-0.25, -0.2) is 4.98 Å². The molecule has 3 rings (SSSR count). The second kappa shape index (κ2) is 8.56. The van der Waals surface area contributed by atoms with Crippen LogP contribution in [0.1, 0.15) is 36.2 Å². The normalized spacial score (nSPS) is 13.6. The molecule has 3 aromatic rings. The highest BCUT2D eigenvalue weighted by atomic mass is 19.4. The first-order valence-electron chi connectivity index (χ1n) is 9.42. The lowest BCUT2D eigenvalue weighted by molar-refractivity contribution is -0.137. The Morgan fingerprint density at radius 1 is 1.10 bits per heavy atom. The van der Waals surface area contributed by atoms with Crippen LogP contribution in [0.3, 0.4) is 0 Å². The number of benzene rings is 2. The van der Waals surface area contributed by atoms with E-state index in [2.05, 4.69) is 20.6 Å². The fourth-order valence-corrected chi connectivity index (χ4v) is 2.94. The number of imidazole rings is 1. The maximum atomic E-state index is 12.8. The van der Waals surface area contributed by atoms with Crippen molar-refractivity contribution in [1.82, 2.24) is 15.3 Å². The number of halogens is 3. The number of amides is 2. The molecule has 0 radical (unpaired) electrons. The van der Waals surface area contributed by atoms with Gasteiger partial charge in [0.2, 0.25) is 11.9 Å². The van der Waals surface area contributed by atoms with E-state index in [4.69, 9.17) is 0 Å². The van der Waals surface area contributed by atoms with Crippen LogP contribution < -0.4 is 10.6 Å². The van der Waals surface area contributed by atoms with Gasteiger partial charge in [-0.1, -0.05) is 32.4 Å². The summed E-state index contributed by atoms with van der Waals surface area (Å²) in [5, 5.41) is 5.29. The van der Waals surface area contributed by atoms with Gasteiger partial charge in [0.05, 0.1) is 16.6 Å². The first kappa shape index (κ1) is 21.4. The number of nitrogens with one attached hydrogen (secondary N) is 3. The van der Waals surface area contributed by atoms with Gasteiger partial charge in [0.25, 0.3) is 5.91 Å². The summed E-state index contributed by atoms with van der Waals surface area (Å²) in [5.41, 5.74) is 0.622. The highest BCUT2D eigenvalue weighted by Crippen LogP contribution is 2.29. The molecule has 0 fully saturated rings. The van der Waals surface area contributed by atoms with Crippen LogP contribution in [-0.2, 0) is 11.0 Å². The van der Waals surface area contributed by atoms with Gasteiger partial charge >= 0.3 is 6.18 Å². The highest BCUT2D eigenvalue weighted by molar-refractivity contribution is 6.01. The molecule has 158 valence electrons. The quantitative estimate of drug-likeness (QED) is 0.556. The third-order valence-electron chi connectivity index (χ3n) is 4.89. The second-order valence-corrected chi connectivity index (χ2v) is 7.00. The predicted octanol–water partition coefficient (Wildman–Crippen LogP) is 4.36. The van der Waals surface area contributed by atoms with Crippen molar-refractivity contribution >= 4 is 28.8 Å². The van der Waals surface area contributed by atoms with Gasteiger partial charge in [-0.2, -0.15) is 13.2 Å². The van der Waals surface area contributed by atoms with Gasteiger partial charge in [-0.15, -0.1) is 0 Å². The van der Waals surface area contributed by atoms with Crippen LogP contribution in [0.4, 0.5) is 19.1 Å². The number of fused-ring (bicyclic) bond motifs is 1. The lowest BCUT2D eigenvalue weighted by Crippen LogP contribution is -2.47. The lowest BCUT2D eigenvalue weighted by Gasteiger charge is -2.23. The molecule has 2 unspecified atom stereocenters. The summed E-state index contributed by atoms with van der Waals surface area (Å²) in [6.45, 7) is 3.67. The molecule has 6 nitrogen and oxygen atoms in total. The molecule has 0 bridgehead atoms. The molecule has 0 aliphatic carbocycles. The molecule has 0 aliphatic heterocycles. The van der Waals surface area contributed by atoms with E-state index in [0.717, 1.165) is 29.8 Å². The third-order valence-corrected chi connectivity index (χ3v) is 4.89. The number of hydrogen-bond donors (Lipinski definition) is 3. The number of H-pyrrole nitrogens is 1. The molecule has 3 N–H and O–H groups in total. The number of carbonyl (C=O) groups is 2. The second-order valence-electron chi connectivity index (χ2n) is 7.00. The van der Waals surface area contributed by atoms with E-state index in [-0.39, 0.29) is 17.4 Å². The number of nitrogens with zero attached hydrogens (tertiary/aromatic N) is 1. The number of aromatic amines is 1. The van der Waals surface area contributed by atoms with Crippen LogP contribution in [-0.4, -0.2) is 27.8 Å². The Labute approximate surface area is 170 Å². The number of anilines is 1. The monoisotopic (exact) mass is 418 g/mol. The van der Waals surface area contributed by atoms with E-state index in [0.29, 0.717) is 11.9 Å². The largest absolute Gasteiger partial charge is 0.416 e. The van der Waals surface area contributed by atoms with Crippen molar-refractivity contribution in [1.29, 1.82) is 0 Å². The minimum absolute atomic E-state index is 0.0350. The molecule has 0 saturated carbocycles. The topological polar surface area (TPSA) is 86.9 Å². The van der Waals surface area contributed by atoms with Gasteiger partial charge < -0.3 is 10.3 Å². The molecule has 0 spiro atoms. The fraction of sp³-hybridized carbons (Fsp3) is 0.286. The summed E-state index contributed by atoms with van der Waals surface area (Å²) in [7, 11) is 0. The molecular weight excluding hydrogens is 397 g/mol. The molecular formula is C21H21F3N4O2. The number of hydrogen-bond acceptors (Lipinski definition) is 3. The van der Waals surface area contributed by atoms with Gasteiger partial charge in [0.15, 0.2) is 0 Å². The summed E-state index contributed by atoms with van der Waals surface area (Å²) in [4.78, 5) is 32.6. The van der Waals surface area contributed by atoms with E-state index in [1.165, 1.54) is 0 Å². The maximum Gasteiger partial charge on any atom is 0.416 e. The minimum Gasteiger partial charge on any atom is -0.340 e. The average molecular weight is 418 g/mol.